The van der Waals surface area contributed by atoms with E-state index in [1.54, 1.807) is 12.1 Å². The number of amides is 1. The minimum Gasteiger partial charge on any atom is -0.497 e. The molecule has 182 valence electrons. The standard InChI is InChI=1S/C30H35N3O2/c1-20-7-6-10-27(21(20)2)31-19-30(34)33-29(23-13-15-26(35-3)16-14-23)18-28(32-33)25-12-11-22-8-4-5-9-24(22)17-25/h4-5,8-9,11-17,20-21,27,29,31H,6-7,10,18-19H2,1-3H3/t20-,21+,27-,29+/m1/s1. The molecule has 1 saturated carbocycles. The maximum Gasteiger partial charge on any atom is 0.257 e. The van der Waals surface area contributed by atoms with Crippen molar-refractivity contribution in [1.29, 1.82) is 0 Å². The number of hydrogen-bond acceptors (Lipinski definition) is 4. The number of nitrogens with one attached hydrogen (secondary N) is 1. The second kappa shape index (κ2) is 10.2. The van der Waals surface area contributed by atoms with Crippen molar-refractivity contribution in [2.45, 2.75) is 51.6 Å². The molecule has 3 aromatic carbocycles. The van der Waals surface area contributed by atoms with Crippen LogP contribution in [0.25, 0.3) is 10.8 Å². The van der Waals surface area contributed by atoms with E-state index in [1.165, 1.54) is 23.6 Å². The van der Waals surface area contributed by atoms with E-state index in [0.29, 0.717) is 30.8 Å². The lowest BCUT2D eigenvalue weighted by Gasteiger charge is -2.35. The lowest BCUT2D eigenvalue weighted by molar-refractivity contribution is -0.132. The van der Waals surface area contributed by atoms with E-state index < -0.39 is 0 Å². The lowest BCUT2D eigenvalue weighted by atomic mass is 9.78. The molecule has 5 rings (SSSR count). The number of carbonyl (C=O) groups is 1. The summed E-state index contributed by atoms with van der Waals surface area (Å²) >= 11 is 0. The van der Waals surface area contributed by atoms with Gasteiger partial charge in [0.1, 0.15) is 5.75 Å². The largest absolute Gasteiger partial charge is 0.497 e. The van der Waals surface area contributed by atoms with Gasteiger partial charge in [0, 0.05) is 12.5 Å². The van der Waals surface area contributed by atoms with E-state index in [0.717, 1.165) is 29.0 Å². The van der Waals surface area contributed by atoms with Gasteiger partial charge in [-0.15, -0.1) is 0 Å². The fourth-order valence-corrected chi connectivity index (χ4v) is 5.54. The smallest absolute Gasteiger partial charge is 0.257 e. The molecule has 5 heteroatoms. The quantitative estimate of drug-likeness (QED) is 0.486. The molecule has 1 aliphatic carbocycles. The van der Waals surface area contributed by atoms with Gasteiger partial charge in [-0.2, -0.15) is 5.10 Å². The van der Waals surface area contributed by atoms with Gasteiger partial charge in [-0.3, -0.25) is 4.79 Å². The molecular formula is C30H35N3O2. The summed E-state index contributed by atoms with van der Waals surface area (Å²) in [5.41, 5.74) is 3.09. The van der Waals surface area contributed by atoms with Gasteiger partial charge in [0.2, 0.25) is 0 Å². The Hall–Kier alpha value is -3.18. The van der Waals surface area contributed by atoms with Crippen LogP contribution in [0.5, 0.6) is 5.75 Å². The first kappa shape index (κ1) is 23.6. The van der Waals surface area contributed by atoms with E-state index in [9.17, 15) is 4.79 Å². The molecule has 1 N–H and O–H groups in total. The Morgan fingerprint density at radius 3 is 2.57 bits per heavy atom. The van der Waals surface area contributed by atoms with Crippen molar-refractivity contribution in [3.05, 3.63) is 77.9 Å². The van der Waals surface area contributed by atoms with Crippen LogP contribution in [0.1, 0.15) is 56.7 Å². The van der Waals surface area contributed by atoms with Crippen molar-refractivity contribution < 1.29 is 9.53 Å². The van der Waals surface area contributed by atoms with Gasteiger partial charge < -0.3 is 10.1 Å². The van der Waals surface area contributed by atoms with Crippen LogP contribution in [0, 0.1) is 11.8 Å². The SMILES string of the molecule is COc1ccc([C@@H]2CC(c3ccc4ccccc4c3)=NN2C(=O)CN[C@@H]2CCC[C@@H](C)[C@@H]2C)cc1. The summed E-state index contributed by atoms with van der Waals surface area (Å²) in [6.07, 6.45) is 4.32. The summed E-state index contributed by atoms with van der Waals surface area (Å²) in [6.45, 7) is 4.93. The maximum absolute atomic E-state index is 13.5. The summed E-state index contributed by atoms with van der Waals surface area (Å²) in [6, 6.07) is 23.0. The van der Waals surface area contributed by atoms with Crippen molar-refractivity contribution in [3.63, 3.8) is 0 Å². The lowest BCUT2D eigenvalue weighted by Crippen LogP contribution is -2.45. The number of nitrogens with zero attached hydrogens (tertiary/aromatic N) is 2. The van der Waals surface area contributed by atoms with E-state index in [4.69, 9.17) is 9.84 Å². The van der Waals surface area contributed by atoms with Gasteiger partial charge in [0.15, 0.2) is 0 Å². The summed E-state index contributed by atoms with van der Waals surface area (Å²) in [5.74, 6) is 2.09. The zero-order valence-electron chi connectivity index (χ0n) is 20.9. The molecule has 0 radical (unpaired) electrons. The van der Waals surface area contributed by atoms with Crippen LogP contribution in [0.15, 0.2) is 71.8 Å². The topological polar surface area (TPSA) is 53.9 Å². The van der Waals surface area contributed by atoms with E-state index in [1.807, 2.05) is 24.3 Å². The van der Waals surface area contributed by atoms with Crippen molar-refractivity contribution in [2.24, 2.45) is 16.9 Å². The molecule has 1 fully saturated rings. The molecule has 0 bridgehead atoms. The Morgan fingerprint density at radius 2 is 1.80 bits per heavy atom. The first-order valence-electron chi connectivity index (χ1n) is 12.8. The van der Waals surface area contributed by atoms with Crippen LogP contribution < -0.4 is 10.1 Å². The fraction of sp³-hybridized carbons (Fsp3) is 0.400. The van der Waals surface area contributed by atoms with Gasteiger partial charge >= 0.3 is 0 Å². The molecule has 5 nitrogen and oxygen atoms in total. The van der Waals surface area contributed by atoms with E-state index in [-0.39, 0.29) is 11.9 Å². The Morgan fingerprint density at radius 1 is 1.03 bits per heavy atom. The van der Waals surface area contributed by atoms with Crippen LogP contribution in [0.4, 0.5) is 0 Å². The highest BCUT2D eigenvalue weighted by Gasteiger charge is 2.34. The molecule has 1 aliphatic heterocycles. The first-order valence-corrected chi connectivity index (χ1v) is 12.8. The maximum atomic E-state index is 13.5. The zero-order valence-corrected chi connectivity index (χ0v) is 20.9. The number of carbonyl (C=O) groups excluding carboxylic acids is 1. The number of rotatable bonds is 6. The molecule has 0 aromatic heterocycles. The monoisotopic (exact) mass is 469 g/mol. The molecule has 35 heavy (non-hydrogen) atoms. The number of hydrogen-bond donors (Lipinski definition) is 1. The Balaban J connectivity index is 1.40. The molecule has 0 saturated heterocycles. The zero-order chi connectivity index (χ0) is 24.4. The Bertz CT molecular complexity index is 1220. The number of benzene rings is 3. The Kier molecular flexibility index (Phi) is 6.87. The van der Waals surface area contributed by atoms with Crippen molar-refractivity contribution in [1.82, 2.24) is 10.3 Å². The van der Waals surface area contributed by atoms with Crippen LogP contribution >= 0.6 is 0 Å². The van der Waals surface area contributed by atoms with Gasteiger partial charge in [-0.25, -0.2) is 5.01 Å². The average Bonchev–Trinajstić information content (AvgIpc) is 3.35. The van der Waals surface area contributed by atoms with Crippen LogP contribution in [0.2, 0.25) is 0 Å². The highest BCUT2D eigenvalue weighted by Crippen LogP contribution is 2.34. The molecule has 0 unspecified atom stereocenters. The number of methoxy groups -OCH3 is 1. The molecule has 4 atom stereocenters. The highest BCUT2D eigenvalue weighted by molar-refractivity contribution is 6.05. The predicted octanol–water partition coefficient (Wildman–Crippen LogP) is 5.94. The minimum absolute atomic E-state index is 0.0204. The molecule has 3 aromatic rings. The molecular weight excluding hydrogens is 434 g/mol. The van der Waals surface area contributed by atoms with Gasteiger partial charge in [-0.1, -0.05) is 75.2 Å². The fourth-order valence-electron chi connectivity index (χ4n) is 5.54. The highest BCUT2D eigenvalue weighted by atomic mass is 16.5. The molecule has 0 spiro atoms. The molecule has 1 amide bonds. The van der Waals surface area contributed by atoms with E-state index in [2.05, 4.69) is 61.6 Å². The number of ether oxygens (including phenoxy) is 1. The second-order valence-electron chi connectivity index (χ2n) is 10.1. The molecule has 2 aliphatic rings. The average molecular weight is 470 g/mol. The summed E-state index contributed by atoms with van der Waals surface area (Å²) in [4.78, 5) is 13.5. The second-order valence-corrected chi connectivity index (χ2v) is 10.1. The third-order valence-corrected chi connectivity index (χ3v) is 7.97. The third-order valence-electron chi connectivity index (χ3n) is 7.97. The van der Waals surface area contributed by atoms with Gasteiger partial charge in [0.05, 0.1) is 25.4 Å². The van der Waals surface area contributed by atoms with Crippen LogP contribution in [0.3, 0.4) is 0 Å². The number of fused-ring (bicyclic) bond motifs is 1. The predicted molar refractivity (Wildman–Crippen MR) is 142 cm³/mol. The van der Waals surface area contributed by atoms with Crippen molar-refractivity contribution >= 4 is 22.4 Å². The van der Waals surface area contributed by atoms with Gasteiger partial charge in [-0.05, 0) is 58.4 Å². The third kappa shape index (κ3) is 4.96. The van der Waals surface area contributed by atoms with Gasteiger partial charge in [0.25, 0.3) is 5.91 Å². The van der Waals surface area contributed by atoms with Crippen LogP contribution in [-0.2, 0) is 4.79 Å². The first-order chi connectivity index (χ1) is 17.0. The van der Waals surface area contributed by atoms with Crippen molar-refractivity contribution in [2.75, 3.05) is 13.7 Å². The summed E-state index contributed by atoms with van der Waals surface area (Å²) < 4.78 is 5.34. The normalized spacial score (nSPS) is 24.4. The van der Waals surface area contributed by atoms with Crippen molar-refractivity contribution in [3.8, 4) is 5.75 Å². The Labute approximate surface area is 208 Å². The minimum atomic E-state index is -0.126. The molecule has 1 heterocycles. The van der Waals surface area contributed by atoms with Crippen LogP contribution in [-0.4, -0.2) is 36.3 Å². The summed E-state index contributed by atoms with van der Waals surface area (Å²) in [7, 11) is 1.67. The van der Waals surface area contributed by atoms with E-state index >= 15 is 0 Å². The number of hydrazone groups is 1. The summed E-state index contributed by atoms with van der Waals surface area (Å²) in [5, 5.41) is 12.5.